The van der Waals surface area contributed by atoms with E-state index in [0.29, 0.717) is 22.3 Å². The molecule has 2 aromatic carbocycles. The molecule has 6 heteroatoms. The molecule has 0 fully saturated rings. The quantitative estimate of drug-likeness (QED) is 0.859. The highest BCUT2D eigenvalue weighted by Gasteiger charge is 2.15. The smallest absolute Gasteiger partial charge is 0.244 e. The number of rotatable bonds is 5. The number of nitrogens with zero attached hydrogens (tertiary/aromatic N) is 1. The largest absolute Gasteiger partial charge is 0.329 e. The summed E-state index contributed by atoms with van der Waals surface area (Å²) in [5.41, 5.74) is 2.57. The van der Waals surface area contributed by atoms with Crippen molar-refractivity contribution in [3.05, 3.63) is 63.6 Å². The molecule has 4 nitrogen and oxygen atoms in total. The average molecular weight is 365 g/mol. The second-order valence-corrected chi connectivity index (χ2v) is 6.38. The summed E-state index contributed by atoms with van der Waals surface area (Å²) in [4.78, 5) is 25.5. The van der Waals surface area contributed by atoms with Crippen LogP contribution in [0.4, 0.5) is 5.69 Å². The molecule has 0 heterocycles. The van der Waals surface area contributed by atoms with Gasteiger partial charge in [0.25, 0.3) is 0 Å². The van der Waals surface area contributed by atoms with E-state index in [1.807, 2.05) is 31.2 Å². The van der Waals surface area contributed by atoms with Crippen LogP contribution in [0.1, 0.15) is 18.1 Å². The number of carbonyl (C=O) groups excluding carboxylic acids is 2. The van der Waals surface area contributed by atoms with Crippen LogP contribution in [-0.2, 0) is 16.1 Å². The minimum atomic E-state index is -0.318. The topological polar surface area (TPSA) is 49.4 Å². The number of benzene rings is 2. The Morgan fingerprint density at radius 3 is 2.33 bits per heavy atom. The van der Waals surface area contributed by atoms with Gasteiger partial charge in [-0.3, -0.25) is 9.59 Å². The van der Waals surface area contributed by atoms with Crippen LogP contribution in [0.15, 0.2) is 42.5 Å². The van der Waals surface area contributed by atoms with Gasteiger partial charge in [0.2, 0.25) is 11.8 Å². The van der Waals surface area contributed by atoms with E-state index < -0.39 is 0 Å². The average Bonchev–Trinajstić information content (AvgIpc) is 2.51. The van der Waals surface area contributed by atoms with E-state index >= 15 is 0 Å². The standard InChI is InChI=1S/C18H18Cl2N2O2/c1-12-3-5-14(6-4-12)10-22(13(2)23)11-18(24)21-17-8-7-15(19)9-16(17)20/h3-9H,10-11H2,1-2H3,(H,21,24). The van der Waals surface area contributed by atoms with Crippen LogP contribution in [0.3, 0.4) is 0 Å². The summed E-state index contributed by atoms with van der Waals surface area (Å²) < 4.78 is 0. The van der Waals surface area contributed by atoms with Crippen LogP contribution in [0.2, 0.25) is 10.0 Å². The normalized spacial score (nSPS) is 10.3. The van der Waals surface area contributed by atoms with E-state index in [0.717, 1.165) is 11.1 Å². The van der Waals surface area contributed by atoms with Gasteiger partial charge in [-0.2, -0.15) is 0 Å². The van der Waals surface area contributed by atoms with Gasteiger partial charge in [0.1, 0.15) is 6.54 Å². The predicted octanol–water partition coefficient (Wildman–Crippen LogP) is 4.29. The number of hydrogen-bond donors (Lipinski definition) is 1. The summed E-state index contributed by atoms with van der Waals surface area (Å²) >= 11 is 11.9. The van der Waals surface area contributed by atoms with Crippen molar-refractivity contribution in [1.29, 1.82) is 0 Å². The van der Waals surface area contributed by atoms with E-state index in [4.69, 9.17) is 23.2 Å². The summed E-state index contributed by atoms with van der Waals surface area (Å²) in [6.07, 6.45) is 0. The Labute approximate surface area is 151 Å². The van der Waals surface area contributed by atoms with E-state index in [2.05, 4.69) is 5.32 Å². The monoisotopic (exact) mass is 364 g/mol. The molecular weight excluding hydrogens is 347 g/mol. The van der Waals surface area contributed by atoms with Crippen LogP contribution in [-0.4, -0.2) is 23.3 Å². The van der Waals surface area contributed by atoms with Gasteiger partial charge in [0.15, 0.2) is 0 Å². The van der Waals surface area contributed by atoms with Gasteiger partial charge in [-0.1, -0.05) is 53.0 Å². The molecule has 0 atom stereocenters. The first kappa shape index (κ1) is 18.3. The van der Waals surface area contributed by atoms with Crippen LogP contribution in [0.5, 0.6) is 0 Å². The Hall–Kier alpha value is -2.04. The van der Waals surface area contributed by atoms with Crippen LogP contribution < -0.4 is 5.32 Å². The highest BCUT2D eigenvalue weighted by molar-refractivity contribution is 6.36. The molecule has 0 radical (unpaired) electrons. The van der Waals surface area contributed by atoms with E-state index in [1.54, 1.807) is 18.2 Å². The molecule has 2 amide bonds. The SMILES string of the molecule is CC(=O)N(CC(=O)Nc1ccc(Cl)cc1Cl)Cc1ccc(C)cc1. The zero-order chi connectivity index (χ0) is 17.7. The third kappa shape index (κ3) is 5.25. The molecule has 0 aliphatic carbocycles. The van der Waals surface area contributed by atoms with Gasteiger partial charge >= 0.3 is 0 Å². The molecule has 1 N–H and O–H groups in total. The van der Waals surface area contributed by atoms with Crippen molar-refractivity contribution in [2.24, 2.45) is 0 Å². The van der Waals surface area contributed by atoms with Crippen molar-refractivity contribution >= 4 is 40.7 Å². The summed E-state index contributed by atoms with van der Waals surface area (Å²) in [6.45, 7) is 3.76. The van der Waals surface area contributed by atoms with Crippen LogP contribution >= 0.6 is 23.2 Å². The fraction of sp³-hybridized carbons (Fsp3) is 0.222. The highest BCUT2D eigenvalue weighted by atomic mass is 35.5. The summed E-state index contributed by atoms with van der Waals surface area (Å²) in [6, 6.07) is 12.6. The Morgan fingerprint density at radius 2 is 1.75 bits per heavy atom. The van der Waals surface area contributed by atoms with Gasteiger partial charge in [-0.25, -0.2) is 0 Å². The molecule has 2 rings (SSSR count). The second kappa shape index (κ2) is 8.18. The predicted molar refractivity (Wildman–Crippen MR) is 97.4 cm³/mol. The van der Waals surface area contributed by atoms with Crippen molar-refractivity contribution in [2.45, 2.75) is 20.4 Å². The zero-order valence-electron chi connectivity index (χ0n) is 13.5. The van der Waals surface area contributed by atoms with E-state index in [-0.39, 0.29) is 18.4 Å². The number of aryl methyl sites for hydroxylation is 1. The number of nitrogens with one attached hydrogen (secondary N) is 1. The number of anilines is 1. The molecule has 2 aromatic rings. The number of halogens is 2. The Bertz CT molecular complexity index is 745. The van der Waals surface area contributed by atoms with Crippen molar-refractivity contribution in [2.75, 3.05) is 11.9 Å². The Balaban J connectivity index is 2.02. The molecule has 0 saturated carbocycles. The summed E-state index contributed by atoms with van der Waals surface area (Å²) in [5, 5.41) is 3.53. The lowest BCUT2D eigenvalue weighted by atomic mass is 10.1. The van der Waals surface area contributed by atoms with Crippen LogP contribution in [0.25, 0.3) is 0 Å². The molecule has 0 aromatic heterocycles. The lowest BCUT2D eigenvalue weighted by molar-refractivity contribution is -0.133. The number of amides is 2. The molecule has 24 heavy (non-hydrogen) atoms. The minimum absolute atomic E-state index is 0.0534. The van der Waals surface area contributed by atoms with Gasteiger partial charge in [-0.15, -0.1) is 0 Å². The van der Waals surface area contributed by atoms with Crippen LogP contribution in [0, 0.1) is 6.92 Å². The molecule has 0 unspecified atom stereocenters. The molecule has 0 bridgehead atoms. The lowest BCUT2D eigenvalue weighted by Gasteiger charge is -2.21. The maximum absolute atomic E-state index is 12.2. The molecular formula is C18H18Cl2N2O2. The Kier molecular flexibility index (Phi) is 6.23. The van der Waals surface area contributed by atoms with Gasteiger partial charge in [0.05, 0.1) is 10.7 Å². The zero-order valence-corrected chi connectivity index (χ0v) is 15.0. The Morgan fingerprint density at radius 1 is 1.08 bits per heavy atom. The molecule has 0 saturated heterocycles. The van der Waals surface area contributed by atoms with Gasteiger partial charge in [-0.05, 0) is 30.7 Å². The van der Waals surface area contributed by atoms with Gasteiger partial charge in [0, 0.05) is 18.5 Å². The molecule has 126 valence electrons. The first-order chi connectivity index (χ1) is 11.3. The number of hydrogen-bond acceptors (Lipinski definition) is 2. The van der Waals surface area contributed by atoms with E-state index in [1.165, 1.54) is 11.8 Å². The fourth-order valence-corrected chi connectivity index (χ4v) is 2.60. The van der Waals surface area contributed by atoms with E-state index in [9.17, 15) is 9.59 Å². The maximum atomic E-state index is 12.2. The third-order valence-corrected chi connectivity index (χ3v) is 4.03. The minimum Gasteiger partial charge on any atom is -0.329 e. The molecule has 0 aliphatic rings. The number of carbonyl (C=O) groups is 2. The highest BCUT2D eigenvalue weighted by Crippen LogP contribution is 2.25. The van der Waals surface area contributed by atoms with Crippen molar-refractivity contribution in [3.8, 4) is 0 Å². The lowest BCUT2D eigenvalue weighted by Crippen LogP contribution is -2.36. The molecule has 0 aliphatic heterocycles. The first-order valence-electron chi connectivity index (χ1n) is 7.41. The second-order valence-electron chi connectivity index (χ2n) is 5.53. The van der Waals surface area contributed by atoms with Crippen molar-refractivity contribution in [1.82, 2.24) is 4.90 Å². The molecule has 0 spiro atoms. The maximum Gasteiger partial charge on any atom is 0.244 e. The van der Waals surface area contributed by atoms with Gasteiger partial charge < -0.3 is 10.2 Å². The van der Waals surface area contributed by atoms with Crippen molar-refractivity contribution < 1.29 is 9.59 Å². The summed E-state index contributed by atoms with van der Waals surface area (Å²) in [7, 11) is 0. The summed E-state index contributed by atoms with van der Waals surface area (Å²) in [5.74, 6) is -0.491. The fourth-order valence-electron chi connectivity index (χ4n) is 2.15. The van der Waals surface area contributed by atoms with Crippen molar-refractivity contribution in [3.63, 3.8) is 0 Å². The third-order valence-electron chi connectivity index (χ3n) is 3.48. The first-order valence-corrected chi connectivity index (χ1v) is 8.16.